The number of nitrogens with one attached hydrogen (secondary N) is 1. The van der Waals surface area contributed by atoms with Gasteiger partial charge in [-0.05, 0) is 56.1 Å². The molecule has 1 fully saturated rings. The molecule has 1 saturated carbocycles. The predicted molar refractivity (Wildman–Crippen MR) is 76.0 cm³/mol. The first-order chi connectivity index (χ1) is 8.13. The van der Waals surface area contributed by atoms with Crippen molar-refractivity contribution in [3.8, 4) is 0 Å². The molecule has 1 rings (SSSR count). The van der Waals surface area contributed by atoms with E-state index in [1.54, 1.807) is 0 Å². The highest BCUT2D eigenvalue weighted by atomic mass is 14.9. The zero-order valence-corrected chi connectivity index (χ0v) is 12.0. The van der Waals surface area contributed by atoms with E-state index in [0.29, 0.717) is 11.8 Å². The van der Waals surface area contributed by atoms with Gasteiger partial charge in [0.05, 0.1) is 0 Å². The summed E-state index contributed by atoms with van der Waals surface area (Å²) in [6, 6.07) is 0. The Morgan fingerprint density at radius 1 is 1.29 bits per heavy atom. The molecule has 0 radical (unpaired) electrons. The number of rotatable bonds is 7. The van der Waals surface area contributed by atoms with Crippen LogP contribution in [0.4, 0.5) is 0 Å². The van der Waals surface area contributed by atoms with Crippen LogP contribution in [0.1, 0.15) is 52.9 Å². The van der Waals surface area contributed by atoms with Crippen LogP contribution in [0.3, 0.4) is 0 Å². The topological polar surface area (TPSA) is 38.0 Å². The largest absolute Gasteiger partial charge is 0.330 e. The first kappa shape index (κ1) is 15.0. The monoisotopic (exact) mass is 240 g/mol. The Morgan fingerprint density at radius 3 is 2.65 bits per heavy atom. The van der Waals surface area contributed by atoms with E-state index in [-0.39, 0.29) is 0 Å². The van der Waals surface area contributed by atoms with E-state index in [2.05, 4.69) is 26.1 Å². The fourth-order valence-electron chi connectivity index (χ4n) is 3.01. The van der Waals surface area contributed by atoms with Gasteiger partial charge >= 0.3 is 0 Å². The van der Waals surface area contributed by atoms with E-state index < -0.39 is 0 Å². The van der Waals surface area contributed by atoms with Crippen LogP contribution in [-0.2, 0) is 0 Å². The second-order valence-electron chi connectivity index (χ2n) is 6.37. The molecule has 0 spiro atoms. The minimum Gasteiger partial charge on any atom is -0.330 e. The average molecular weight is 240 g/mol. The van der Waals surface area contributed by atoms with Crippen molar-refractivity contribution in [3.05, 3.63) is 0 Å². The molecule has 0 heterocycles. The lowest BCUT2D eigenvalue weighted by molar-refractivity contribution is 0.264. The van der Waals surface area contributed by atoms with Crippen molar-refractivity contribution in [2.45, 2.75) is 52.9 Å². The Hall–Kier alpha value is -0.0800. The van der Waals surface area contributed by atoms with Crippen LogP contribution in [0.5, 0.6) is 0 Å². The Labute approximate surface area is 108 Å². The van der Waals surface area contributed by atoms with Gasteiger partial charge in [-0.25, -0.2) is 0 Å². The Bertz CT molecular complexity index is 191. The van der Waals surface area contributed by atoms with Gasteiger partial charge in [0, 0.05) is 0 Å². The van der Waals surface area contributed by atoms with Gasteiger partial charge in [0.2, 0.25) is 0 Å². The van der Waals surface area contributed by atoms with E-state index in [4.69, 9.17) is 5.73 Å². The SMILES string of the molecule is CC1CCCC(CCNCC(CN)C(C)C)C1. The zero-order valence-electron chi connectivity index (χ0n) is 12.0. The minimum absolute atomic E-state index is 0.639. The Kier molecular flexibility index (Phi) is 7.14. The van der Waals surface area contributed by atoms with Crippen molar-refractivity contribution in [1.29, 1.82) is 0 Å². The van der Waals surface area contributed by atoms with Crippen LogP contribution in [0.2, 0.25) is 0 Å². The summed E-state index contributed by atoms with van der Waals surface area (Å²) in [5, 5.41) is 3.60. The van der Waals surface area contributed by atoms with Crippen LogP contribution in [0.25, 0.3) is 0 Å². The second kappa shape index (κ2) is 8.10. The van der Waals surface area contributed by atoms with E-state index >= 15 is 0 Å². The molecule has 2 heteroatoms. The quantitative estimate of drug-likeness (QED) is 0.671. The lowest BCUT2D eigenvalue weighted by Crippen LogP contribution is -2.33. The molecule has 1 aliphatic carbocycles. The molecule has 0 bridgehead atoms. The average Bonchev–Trinajstić information content (AvgIpc) is 2.28. The molecule has 0 aromatic heterocycles. The smallest absolute Gasteiger partial charge is 0.000600 e. The third kappa shape index (κ3) is 5.87. The normalized spacial score (nSPS) is 27.4. The summed E-state index contributed by atoms with van der Waals surface area (Å²) >= 11 is 0. The molecule has 3 unspecified atom stereocenters. The van der Waals surface area contributed by atoms with Crippen LogP contribution in [0, 0.1) is 23.7 Å². The molecular weight excluding hydrogens is 208 g/mol. The molecule has 3 N–H and O–H groups in total. The molecule has 17 heavy (non-hydrogen) atoms. The molecule has 0 saturated heterocycles. The summed E-state index contributed by atoms with van der Waals surface area (Å²) in [5.41, 5.74) is 5.78. The van der Waals surface area contributed by atoms with Crippen LogP contribution in [-0.4, -0.2) is 19.6 Å². The highest BCUT2D eigenvalue weighted by molar-refractivity contribution is 4.72. The number of nitrogens with two attached hydrogens (primary N) is 1. The first-order valence-corrected chi connectivity index (χ1v) is 7.54. The molecule has 3 atom stereocenters. The highest BCUT2D eigenvalue weighted by Gasteiger charge is 2.18. The summed E-state index contributed by atoms with van der Waals surface area (Å²) in [7, 11) is 0. The van der Waals surface area contributed by atoms with Gasteiger partial charge in [-0.15, -0.1) is 0 Å². The van der Waals surface area contributed by atoms with E-state index in [1.165, 1.54) is 38.6 Å². The molecule has 2 nitrogen and oxygen atoms in total. The number of hydrogen-bond acceptors (Lipinski definition) is 2. The molecule has 0 amide bonds. The third-order valence-electron chi connectivity index (χ3n) is 4.43. The molecule has 0 aromatic rings. The minimum atomic E-state index is 0.639. The van der Waals surface area contributed by atoms with Crippen LogP contribution < -0.4 is 11.1 Å². The molecule has 0 aliphatic heterocycles. The molecule has 102 valence electrons. The molecular formula is C15H32N2. The third-order valence-corrected chi connectivity index (χ3v) is 4.43. The van der Waals surface area contributed by atoms with Crippen LogP contribution >= 0.6 is 0 Å². The summed E-state index contributed by atoms with van der Waals surface area (Å²) in [5.74, 6) is 3.27. The highest BCUT2D eigenvalue weighted by Crippen LogP contribution is 2.30. The second-order valence-corrected chi connectivity index (χ2v) is 6.37. The van der Waals surface area contributed by atoms with Crippen molar-refractivity contribution in [3.63, 3.8) is 0 Å². The summed E-state index contributed by atoms with van der Waals surface area (Å²) < 4.78 is 0. The van der Waals surface area contributed by atoms with E-state index in [0.717, 1.165) is 24.9 Å². The Morgan fingerprint density at radius 2 is 2.06 bits per heavy atom. The summed E-state index contributed by atoms with van der Waals surface area (Å²) in [4.78, 5) is 0. The van der Waals surface area contributed by atoms with Gasteiger partial charge in [-0.3, -0.25) is 0 Å². The standard InChI is InChI=1S/C15H32N2/c1-12(2)15(10-16)11-17-8-7-14-6-4-5-13(3)9-14/h12-15,17H,4-11,16H2,1-3H3. The van der Waals surface area contributed by atoms with Gasteiger partial charge in [0.25, 0.3) is 0 Å². The first-order valence-electron chi connectivity index (χ1n) is 7.54. The van der Waals surface area contributed by atoms with Gasteiger partial charge in [0.15, 0.2) is 0 Å². The fourth-order valence-corrected chi connectivity index (χ4v) is 3.01. The lowest BCUT2D eigenvalue weighted by atomic mass is 9.81. The summed E-state index contributed by atoms with van der Waals surface area (Å²) in [6.45, 7) is 10.0. The van der Waals surface area contributed by atoms with Gasteiger partial charge in [0.1, 0.15) is 0 Å². The van der Waals surface area contributed by atoms with Gasteiger partial charge in [-0.1, -0.05) is 40.0 Å². The van der Waals surface area contributed by atoms with E-state index in [9.17, 15) is 0 Å². The van der Waals surface area contributed by atoms with Gasteiger partial charge in [-0.2, -0.15) is 0 Å². The van der Waals surface area contributed by atoms with Crippen molar-refractivity contribution in [1.82, 2.24) is 5.32 Å². The summed E-state index contributed by atoms with van der Waals surface area (Å²) in [6.07, 6.45) is 7.16. The zero-order chi connectivity index (χ0) is 12.7. The van der Waals surface area contributed by atoms with Crippen LogP contribution in [0.15, 0.2) is 0 Å². The van der Waals surface area contributed by atoms with Crippen molar-refractivity contribution >= 4 is 0 Å². The maximum Gasteiger partial charge on any atom is -0.000600 e. The van der Waals surface area contributed by atoms with Crippen molar-refractivity contribution < 1.29 is 0 Å². The maximum atomic E-state index is 5.78. The Balaban J connectivity index is 2.07. The molecule has 1 aliphatic rings. The van der Waals surface area contributed by atoms with Crippen molar-refractivity contribution in [2.75, 3.05) is 19.6 Å². The maximum absolute atomic E-state index is 5.78. The lowest BCUT2D eigenvalue weighted by Gasteiger charge is -2.27. The van der Waals surface area contributed by atoms with Crippen molar-refractivity contribution in [2.24, 2.45) is 29.4 Å². The predicted octanol–water partition coefficient (Wildman–Crippen LogP) is 3.02. The van der Waals surface area contributed by atoms with E-state index in [1.807, 2.05) is 0 Å². The molecule has 0 aromatic carbocycles. The van der Waals surface area contributed by atoms with Gasteiger partial charge < -0.3 is 11.1 Å². The fraction of sp³-hybridized carbons (Fsp3) is 1.00. The number of hydrogen-bond donors (Lipinski definition) is 2.